The third-order valence-electron chi connectivity index (χ3n) is 4.43. The average molecular weight is 331 g/mol. The third-order valence-corrected chi connectivity index (χ3v) is 4.43. The lowest BCUT2D eigenvalue weighted by Crippen LogP contribution is -2.38. The number of anilines is 2. The lowest BCUT2D eigenvalue weighted by atomic mass is 10.1. The number of hydrogen-bond acceptors (Lipinski definition) is 7. The number of rotatable bonds is 6. The molecule has 3 heterocycles. The molecule has 24 heavy (non-hydrogen) atoms. The molecule has 1 atom stereocenters. The van der Waals surface area contributed by atoms with Gasteiger partial charge in [0.15, 0.2) is 0 Å². The lowest BCUT2D eigenvalue weighted by molar-refractivity contribution is 0.154. The van der Waals surface area contributed by atoms with Crippen molar-refractivity contribution in [3.8, 4) is 0 Å². The molecule has 0 aliphatic carbocycles. The first-order valence-electron chi connectivity index (χ1n) is 8.55. The third kappa shape index (κ3) is 4.03. The molecule has 0 saturated carbocycles. The van der Waals surface area contributed by atoms with Crippen molar-refractivity contribution in [1.29, 1.82) is 0 Å². The maximum absolute atomic E-state index is 9.81. The van der Waals surface area contributed by atoms with Gasteiger partial charge < -0.3 is 19.8 Å². The monoisotopic (exact) mass is 331 g/mol. The molecule has 1 saturated heterocycles. The zero-order valence-electron chi connectivity index (χ0n) is 14.3. The molecule has 7 nitrogen and oxygen atoms in total. The van der Waals surface area contributed by atoms with Crippen LogP contribution in [0.3, 0.4) is 0 Å². The Labute approximate surface area is 142 Å². The van der Waals surface area contributed by atoms with Crippen LogP contribution in [0.25, 0.3) is 0 Å². The molecule has 2 N–H and O–H groups in total. The predicted molar refractivity (Wildman–Crippen MR) is 92.3 cm³/mol. The van der Waals surface area contributed by atoms with Gasteiger partial charge in [-0.05, 0) is 45.6 Å². The first-order valence-corrected chi connectivity index (χ1v) is 8.55. The molecule has 0 bridgehead atoms. The van der Waals surface area contributed by atoms with Crippen molar-refractivity contribution >= 4 is 11.8 Å². The summed E-state index contributed by atoms with van der Waals surface area (Å²) in [5, 5.41) is 17.1. The Kier molecular flexibility index (Phi) is 5.30. The average Bonchev–Trinajstić information content (AvgIpc) is 2.90. The highest BCUT2D eigenvalue weighted by Gasteiger charge is 2.19. The molecular formula is C17H25N5O2. The van der Waals surface area contributed by atoms with E-state index in [-0.39, 0.29) is 6.10 Å². The molecule has 7 heteroatoms. The van der Waals surface area contributed by atoms with Crippen LogP contribution < -0.4 is 10.2 Å². The van der Waals surface area contributed by atoms with Crippen molar-refractivity contribution in [1.82, 2.24) is 15.1 Å². The highest BCUT2D eigenvalue weighted by Crippen LogP contribution is 2.19. The van der Waals surface area contributed by atoms with Crippen LogP contribution in [-0.4, -0.2) is 46.0 Å². The van der Waals surface area contributed by atoms with Crippen molar-refractivity contribution in [3.05, 3.63) is 29.3 Å². The molecule has 3 rings (SSSR count). The van der Waals surface area contributed by atoms with E-state index in [4.69, 9.17) is 4.52 Å². The van der Waals surface area contributed by atoms with E-state index in [0.717, 1.165) is 56.0 Å². The number of aromatic nitrogens is 3. The largest absolute Gasteiger partial charge is 0.391 e. The molecule has 0 radical (unpaired) electrons. The fourth-order valence-electron chi connectivity index (χ4n) is 3.10. The van der Waals surface area contributed by atoms with Gasteiger partial charge in [-0.1, -0.05) is 5.16 Å². The topological polar surface area (TPSA) is 87.3 Å². The van der Waals surface area contributed by atoms with Crippen molar-refractivity contribution < 1.29 is 9.63 Å². The maximum Gasteiger partial charge on any atom is 0.224 e. The fraction of sp³-hybridized carbons (Fsp3) is 0.588. The molecule has 1 unspecified atom stereocenters. The molecule has 1 fully saturated rings. The van der Waals surface area contributed by atoms with Crippen molar-refractivity contribution in [3.63, 3.8) is 0 Å². The number of hydrogen-bond donors (Lipinski definition) is 2. The van der Waals surface area contributed by atoms with Crippen molar-refractivity contribution in [2.75, 3.05) is 29.9 Å². The highest BCUT2D eigenvalue weighted by atomic mass is 16.5. The maximum atomic E-state index is 9.81. The standard InChI is InChI=1S/C17H25N5O2/c1-12-15(13(2)24-21-12)6-3-8-18-17-19-9-7-16(20-17)22-10-4-5-14(23)11-22/h7,9,14,23H,3-6,8,10-11H2,1-2H3,(H,18,19,20). The molecule has 0 aromatic carbocycles. The molecule has 0 amide bonds. The summed E-state index contributed by atoms with van der Waals surface area (Å²) in [6.07, 6.45) is 5.24. The van der Waals surface area contributed by atoms with E-state index in [9.17, 15) is 5.11 Å². The van der Waals surface area contributed by atoms with Crippen LogP contribution in [0.5, 0.6) is 0 Å². The van der Waals surface area contributed by atoms with E-state index in [1.165, 1.54) is 5.56 Å². The summed E-state index contributed by atoms with van der Waals surface area (Å²) >= 11 is 0. The summed E-state index contributed by atoms with van der Waals surface area (Å²) in [5.41, 5.74) is 2.16. The SMILES string of the molecule is Cc1noc(C)c1CCCNc1nccc(N2CCCC(O)C2)n1. The Hall–Kier alpha value is -2.15. The Morgan fingerprint density at radius 2 is 2.29 bits per heavy atom. The van der Waals surface area contributed by atoms with Crippen LogP contribution in [0.15, 0.2) is 16.8 Å². The van der Waals surface area contributed by atoms with Crippen molar-refractivity contribution in [2.24, 2.45) is 0 Å². The quantitative estimate of drug-likeness (QED) is 0.784. The lowest BCUT2D eigenvalue weighted by Gasteiger charge is -2.31. The molecular weight excluding hydrogens is 306 g/mol. The van der Waals surface area contributed by atoms with Gasteiger partial charge in [-0.15, -0.1) is 0 Å². The van der Waals surface area contributed by atoms with Gasteiger partial charge in [-0.2, -0.15) is 4.98 Å². The minimum atomic E-state index is -0.264. The fourth-order valence-corrected chi connectivity index (χ4v) is 3.10. The molecule has 0 spiro atoms. The normalized spacial score (nSPS) is 18.0. The van der Waals surface area contributed by atoms with E-state index in [1.807, 2.05) is 19.9 Å². The molecule has 1 aliphatic rings. The zero-order chi connectivity index (χ0) is 16.9. The highest BCUT2D eigenvalue weighted by molar-refractivity contribution is 5.43. The number of aryl methyl sites for hydroxylation is 2. The van der Waals surface area contributed by atoms with Gasteiger partial charge in [0.1, 0.15) is 11.6 Å². The van der Waals surface area contributed by atoms with E-state index in [1.54, 1.807) is 6.20 Å². The summed E-state index contributed by atoms with van der Waals surface area (Å²) < 4.78 is 5.18. The number of aliphatic hydroxyl groups is 1. The van der Waals surface area contributed by atoms with Crippen LogP contribution in [0.1, 0.15) is 36.3 Å². The minimum Gasteiger partial charge on any atom is -0.391 e. The summed E-state index contributed by atoms with van der Waals surface area (Å²) in [4.78, 5) is 11.0. The second-order valence-electron chi connectivity index (χ2n) is 6.31. The predicted octanol–water partition coefficient (Wildman–Crippen LogP) is 2.09. The van der Waals surface area contributed by atoms with Gasteiger partial charge in [-0.25, -0.2) is 4.98 Å². The summed E-state index contributed by atoms with van der Waals surface area (Å²) in [6, 6.07) is 1.90. The van der Waals surface area contributed by atoms with Gasteiger partial charge in [0, 0.05) is 31.4 Å². The van der Waals surface area contributed by atoms with Gasteiger partial charge >= 0.3 is 0 Å². The second-order valence-corrected chi connectivity index (χ2v) is 6.31. The Morgan fingerprint density at radius 3 is 3.04 bits per heavy atom. The minimum absolute atomic E-state index is 0.264. The first-order chi connectivity index (χ1) is 11.6. The van der Waals surface area contributed by atoms with Crippen LogP contribution in [-0.2, 0) is 6.42 Å². The number of piperidine rings is 1. The van der Waals surface area contributed by atoms with Gasteiger partial charge in [0.05, 0.1) is 11.8 Å². The number of β-amino-alcohol motifs (C(OH)–C–C–N with tert-alkyl or cyclic N) is 1. The summed E-state index contributed by atoms with van der Waals surface area (Å²) in [5.74, 6) is 2.40. The molecule has 130 valence electrons. The van der Waals surface area contributed by atoms with Crippen LogP contribution in [0, 0.1) is 13.8 Å². The molecule has 2 aromatic heterocycles. The Balaban J connectivity index is 1.51. The number of nitrogens with zero attached hydrogens (tertiary/aromatic N) is 4. The second kappa shape index (κ2) is 7.61. The van der Waals surface area contributed by atoms with Gasteiger partial charge in [0.25, 0.3) is 0 Å². The summed E-state index contributed by atoms with van der Waals surface area (Å²) in [6.45, 7) is 6.28. The number of nitrogens with one attached hydrogen (secondary N) is 1. The Bertz CT molecular complexity index is 653. The van der Waals surface area contributed by atoms with E-state index in [0.29, 0.717) is 12.5 Å². The molecule has 2 aromatic rings. The van der Waals surface area contributed by atoms with E-state index in [2.05, 4.69) is 25.3 Å². The summed E-state index contributed by atoms with van der Waals surface area (Å²) in [7, 11) is 0. The molecule has 1 aliphatic heterocycles. The van der Waals surface area contributed by atoms with Gasteiger partial charge in [-0.3, -0.25) is 0 Å². The Morgan fingerprint density at radius 1 is 1.42 bits per heavy atom. The van der Waals surface area contributed by atoms with E-state index >= 15 is 0 Å². The zero-order valence-corrected chi connectivity index (χ0v) is 14.3. The van der Waals surface area contributed by atoms with Crippen LogP contribution in [0.4, 0.5) is 11.8 Å². The van der Waals surface area contributed by atoms with Crippen molar-refractivity contribution in [2.45, 2.75) is 45.6 Å². The first kappa shape index (κ1) is 16.7. The van der Waals surface area contributed by atoms with Gasteiger partial charge in [0.2, 0.25) is 5.95 Å². The van der Waals surface area contributed by atoms with E-state index < -0.39 is 0 Å². The van der Waals surface area contributed by atoms with Crippen LogP contribution >= 0.6 is 0 Å². The van der Waals surface area contributed by atoms with Crippen LogP contribution in [0.2, 0.25) is 0 Å². The number of aliphatic hydroxyl groups excluding tert-OH is 1. The smallest absolute Gasteiger partial charge is 0.224 e.